The van der Waals surface area contributed by atoms with Crippen LogP contribution in [-0.2, 0) is 0 Å². The molecule has 0 saturated heterocycles. The third kappa shape index (κ3) is 2.64. The number of para-hydroxylation sites is 1. The van der Waals surface area contributed by atoms with E-state index in [9.17, 15) is 4.79 Å². The molecule has 1 unspecified atom stereocenters. The van der Waals surface area contributed by atoms with E-state index in [1.54, 1.807) is 13.1 Å². The number of fused-ring (bicyclic) bond motifs is 1. The summed E-state index contributed by atoms with van der Waals surface area (Å²) >= 11 is 6.04. The number of hydrogen-bond donors (Lipinski definition) is 2. The second-order valence-corrected chi connectivity index (χ2v) is 5.09. The van der Waals surface area contributed by atoms with Gasteiger partial charge in [0.15, 0.2) is 0 Å². The van der Waals surface area contributed by atoms with Crippen LogP contribution in [-0.4, -0.2) is 24.5 Å². The van der Waals surface area contributed by atoms with Gasteiger partial charge in [0.1, 0.15) is 18.2 Å². The Bertz CT molecular complexity index is 690. The molecular weight excluding hydrogens is 290 g/mol. The highest BCUT2D eigenvalue weighted by molar-refractivity contribution is 6.33. The zero-order valence-electron chi connectivity index (χ0n) is 11.4. The minimum Gasteiger partial charge on any atom is -0.491 e. The number of pyridine rings is 1. The fraction of sp³-hybridized carbons (Fsp3) is 0.200. The molecule has 2 heterocycles. The van der Waals surface area contributed by atoms with Gasteiger partial charge in [-0.1, -0.05) is 29.8 Å². The SMILES string of the molecule is CNc1ncc(C(=O)NC2COc3ccccc32)cc1Cl. The van der Waals surface area contributed by atoms with E-state index >= 15 is 0 Å². The lowest BCUT2D eigenvalue weighted by Gasteiger charge is -2.12. The Balaban J connectivity index is 1.77. The maximum absolute atomic E-state index is 12.3. The summed E-state index contributed by atoms with van der Waals surface area (Å²) in [7, 11) is 1.72. The third-order valence-electron chi connectivity index (χ3n) is 3.35. The second-order valence-electron chi connectivity index (χ2n) is 4.68. The van der Waals surface area contributed by atoms with E-state index in [0.29, 0.717) is 23.0 Å². The Morgan fingerprint density at radius 2 is 2.24 bits per heavy atom. The highest BCUT2D eigenvalue weighted by atomic mass is 35.5. The average molecular weight is 304 g/mol. The topological polar surface area (TPSA) is 63.2 Å². The first-order chi connectivity index (χ1) is 10.2. The van der Waals surface area contributed by atoms with Gasteiger partial charge in [0.2, 0.25) is 0 Å². The molecule has 0 radical (unpaired) electrons. The van der Waals surface area contributed by atoms with Crippen LogP contribution in [0.25, 0.3) is 0 Å². The number of nitrogens with one attached hydrogen (secondary N) is 2. The first kappa shape index (κ1) is 13.7. The number of benzene rings is 1. The molecule has 1 aromatic heterocycles. The number of carbonyl (C=O) groups is 1. The van der Waals surface area contributed by atoms with Gasteiger partial charge >= 0.3 is 0 Å². The summed E-state index contributed by atoms with van der Waals surface area (Å²) in [6.45, 7) is 0.431. The summed E-state index contributed by atoms with van der Waals surface area (Å²) < 4.78 is 5.54. The standard InChI is InChI=1S/C15H14ClN3O2/c1-17-14-11(16)6-9(7-18-14)15(20)19-12-8-21-13-5-3-2-4-10(12)13/h2-7,12H,8H2,1H3,(H,17,18)(H,19,20). The molecule has 108 valence electrons. The van der Waals surface area contributed by atoms with E-state index in [1.807, 2.05) is 24.3 Å². The van der Waals surface area contributed by atoms with Crippen molar-refractivity contribution in [3.8, 4) is 5.75 Å². The molecule has 0 saturated carbocycles. The van der Waals surface area contributed by atoms with Crippen LogP contribution in [0, 0.1) is 0 Å². The molecule has 0 fully saturated rings. The second kappa shape index (κ2) is 5.61. The number of rotatable bonds is 3. The fourth-order valence-electron chi connectivity index (χ4n) is 2.27. The molecule has 21 heavy (non-hydrogen) atoms. The summed E-state index contributed by atoms with van der Waals surface area (Å²) in [6, 6.07) is 9.11. The van der Waals surface area contributed by atoms with Crippen molar-refractivity contribution in [2.45, 2.75) is 6.04 Å². The minimum atomic E-state index is -0.225. The van der Waals surface area contributed by atoms with Gasteiger partial charge in [0, 0.05) is 18.8 Å². The monoisotopic (exact) mass is 303 g/mol. The predicted octanol–water partition coefficient (Wildman–Crippen LogP) is 2.64. The van der Waals surface area contributed by atoms with Crippen LogP contribution in [0.5, 0.6) is 5.75 Å². The van der Waals surface area contributed by atoms with E-state index in [-0.39, 0.29) is 11.9 Å². The van der Waals surface area contributed by atoms with Crippen molar-refractivity contribution in [3.05, 3.63) is 52.7 Å². The van der Waals surface area contributed by atoms with Gasteiger partial charge in [-0.2, -0.15) is 0 Å². The number of aromatic nitrogens is 1. The Morgan fingerprint density at radius 3 is 3.00 bits per heavy atom. The Morgan fingerprint density at radius 1 is 1.43 bits per heavy atom. The van der Waals surface area contributed by atoms with Crippen molar-refractivity contribution in [3.63, 3.8) is 0 Å². The Labute approximate surface area is 127 Å². The van der Waals surface area contributed by atoms with Crippen LogP contribution in [0.15, 0.2) is 36.5 Å². The third-order valence-corrected chi connectivity index (χ3v) is 3.63. The van der Waals surface area contributed by atoms with Crippen molar-refractivity contribution in [2.75, 3.05) is 19.0 Å². The van der Waals surface area contributed by atoms with Gasteiger partial charge < -0.3 is 15.4 Å². The van der Waals surface area contributed by atoms with Crippen LogP contribution < -0.4 is 15.4 Å². The molecule has 1 aliphatic rings. The van der Waals surface area contributed by atoms with Crippen LogP contribution >= 0.6 is 11.6 Å². The summed E-state index contributed by atoms with van der Waals surface area (Å²) in [5.74, 6) is 1.13. The van der Waals surface area contributed by atoms with Gasteiger partial charge in [0.05, 0.1) is 16.6 Å². The molecule has 3 rings (SSSR count). The molecule has 2 N–H and O–H groups in total. The van der Waals surface area contributed by atoms with Crippen LogP contribution in [0.2, 0.25) is 5.02 Å². The molecule has 5 nitrogen and oxygen atoms in total. The van der Waals surface area contributed by atoms with Gasteiger partial charge in [0.25, 0.3) is 5.91 Å². The number of carbonyl (C=O) groups excluding carboxylic acids is 1. The van der Waals surface area contributed by atoms with E-state index in [2.05, 4.69) is 15.6 Å². The average Bonchev–Trinajstić information content (AvgIpc) is 2.90. The predicted molar refractivity (Wildman–Crippen MR) is 80.9 cm³/mol. The van der Waals surface area contributed by atoms with Gasteiger partial charge in [-0.15, -0.1) is 0 Å². The van der Waals surface area contributed by atoms with Gasteiger partial charge in [-0.05, 0) is 12.1 Å². The van der Waals surface area contributed by atoms with Crippen LogP contribution in [0.3, 0.4) is 0 Å². The maximum Gasteiger partial charge on any atom is 0.253 e. The molecule has 0 bridgehead atoms. The number of nitrogens with zero attached hydrogens (tertiary/aromatic N) is 1. The molecule has 1 aliphatic heterocycles. The first-order valence-electron chi connectivity index (χ1n) is 6.55. The van der Waals surface area contributed by atoms with E-state index in [1.165, 1.54) is 6.20 Å². The highest BCUT2D eigenvalue weighted by Gasteiger charge is 2.25. The molecule has 6 heteroatoms. The zero-order chi connectivity index (χ0) is 14.8. The largest absolute Gasteiger partial charge is 0.491 e. The smallest absolute Gasteiger partial charge is 0.253 e. The Kier molecular flexibility index (Phi) is 3.66. The maximum atomic E-state index is 12.3. The van der Waals surface area contributed by atoms with Crippen molar-refractivity contribution in [1.29, 1.82) is 0 Å². The molecule has 1 atom stereocenters. The van der Waals surface area contributed by atoms with E-state index in [0.717, 1.165) is 11.3 Å². The van der Waals surface area contributed by atoms with Crippen LogP contribution in [0.4, 0.5) is 5.82 Å². The number of hydrogen-bond acceptors (Lipinski definition) is 4. The number of amides is 1. The fourth-order valence-corrected chi connectivity index (χ4v) is 2.53. The van der Waals surface area contributed by atoms with E-state index < -0.39 is 0 Å². The van der Waals surface area contributed by atoms with Crippen LogP contribution in [0.1, 0.15) is 22.0 Å². The molecule has 1 aromatic carbocycles. The summed E-state index contributed by atoms with van der Waals surface area (Å²) in [6.07, 6.45) is 1.49. The molecule has 2 aromatic rings. The molecule has 0 spiro atoms. The van der Waals surface area contributed by atoms with Gasteiger partial charge in [-0.3, -0.25) is 4.79 Å². The molecular formula is C15H14ClN3O2. The van der Waals surface area contributed by atoms with E-state index in [4.69, 9.17) is 16.3 Å². The number of ether oxygens (including phenoxy) is 1. The number of halogens is 1. The summed E-state index contributed by atoms with van der Waals surface area (Å²) in [4.78, 5) is 16.4. The molecule has 1 amide bonds. The first-order valence-corrected chi connectivity index (χ1v) is 6.92. The van der Waals surface area contributed by atoms with Crippen molar-refractivity contribution < 1.29 is 9.53 Å². The van der Waals surface area contributed by atoms with Crippen molar-refractivity contribution in [1.82, 2.24) is 10.3 Å². The highest BCUT2D eigenvalue weighted by Crippen LogP contribution is 2.31. The summed E-state index contributed by atoms with van der Waals surface area (Å²) in [5.41, 5.74) is 1.40. The molecule has 0 aliphatic carbocycles. The Hall–Kier alpha value is -2.27. The lowest BCUT2D eigenvalue weighted by molar-refractivity contribution is 0.0930. The minimum absolute atomic E-state index is 0.156. The quantitative estimate of drug-likeness (QED) is 0.915. The summed E-state index contributed by atoms with van der Waals surface area (Å²) in [5, 5.41) is 6.20. The van der Waals surface area contributed by atoms with Gasteiger partial charge in [-0.25, -0.2) is 4.98 Å². The van der Waals surface area contributed by atoms with Crippen molar-refractivity contribution in [2.24, 2.45) is 0 Å². The lowest BCUT2D eigenvalue weighted by atomic mass is 10.1. The normalized spacial score (nSPS) is 16.0. The zero-order valence-corrected chi connectivity index (χ0v) is 12.1. The van der Waals surface area contributed by atoms with Crippen molar-refractivity contribution >= 4 is 23.3 Å². The lowest BCUT2D eigenvalue weighted by Crippen LogP contribution is -2.29. The number of anilines is 1.